The number of likely N-dealkylation sites (tertiary alicyclic amines) is 1. The van der Waals surface area contributed by atoms with Gasteiger partial charge in [0.05, 0.1) is 5.69 Å². The van der Waals surface area contributed by atoms with E-state index in [9.17, 15) is 9.59 Å². The summed E-state index contributed by atoms with van der Waals surface area (Å²) in [6.07, 6.45) is 8.85. The van der Waals surface area contributed by atoms with Crippen molar-refractivity contribution in [3.8, 4) is 0 Å². The molecule has 2 fully saturated rings. The number of nitrogens with zero attached hydrogens (tertiary/aromatic N) is 3. The number of carbonyl (C=O) groups excluding carboxylic acids is 2. The van der Waals surface area contributed by atoms with Crippen molar-refractivity contribution in [2.45, 2.75) is 37.7 Å². The number of rotatable bonds is 4. The van der Waals surface area contributed by atoms with Crippen molar-refractivity contribution in [1.29, 1.82) is 0 Å². The maximum Gasteiger partial charge on any atom is 0.323 e. The Balaban J connectivity index is 1.13. The van der Waals surface area contributed by atoms with Gasteiger partial charge in [0.2, 0.25) is 0 Å². The van der Waals surface area contributed by atoms with Crippen molar-refractivity contribution in [3.05, 3.63) is 60.6 Å². The van der Waals surface area contributed by atoms with E-state index in [4.69, 9.17) is 4.74 Å². The minimum Gasteiger partial charge on any atom is -0.368 e. The highest BCUT2D eigenvalue weighted by Crippen LogP contribution is 2.30. The lowest BCUT2D eigenvalue weighted by atomic mass is 9.89. The van der Waals surface area contributed by atoms with E-state index in [2.05, 4.69) is 27.8 Å². The summed E-state index contributed by atoms with van der Waals surface area (Å²) < 4.78 is 7.39. The number of benzene rings is 1. The fraction of sp³-hybridized carbons (Fsp3) is 0.375. The lowest BCUT2D eigenvalue weighted by Crippen LogP contribution is -2.43. The topological polar surface area (TPSA) is 88.0 Å². The van der Waals surface area contributed by atoms with Crippen LogP contribution in [0.5, 0.6) is 0 Å². The largest absolute Gasteiger partial charge is 0.368 e. The molecule has 0 spiro atoms. The van der Waals surface area contributed by atoms with Crippen LogP contribution in [-0.4, -0.2) is 52.0 Å². The van der Waals surface area contributed by atoms with Gasteiger partial charge in [0.15, 0.2) is 0 Å². The van der Waals surface area contributed by atoms with E-state index in [0.717, 1.165) is 50.1 Å². The Morgan fingerprint density at radius 1 is 0.969 bits per heavy atom. The Morgan fingerprint density at radius 2 is 1.72 bits per heavy atom. The van der Waals surface area contributed by atoms with E-state index in [0.29, 0.717) is 18.2 Å². The van der Waals surface area contributed by atoms with Crippen LogP contribution in [0.1, 0.15) is 37.2 Å². The normalized spacial score (nSPS) is 19.2. The predicted octanol–water partition coefficient (Wildman–Crippen LogP) is 3.86. The number of amides is 3. The molecular weight excluding hydrogens is 406 g/mol. The van der Waals surface area contributed by atoms with Crippen molar-refractivity contribution in [1.82, 2.24) is 14.3 Å². The zero-order valence-electron chi connectivity index (χ0n) is 17.9. The number of ether oxygens (including phenoxy) is 1. The van der Waals surface area contributed by atoms with Gasteiger partial charge < -0.3 is 24.7 Å². The number of piperidine rings is 1. The Bertz CT molecular complexity index is 1100. The second-order valence-electron chi connectivity index (χ2n) is 8.41. The minimum atomic E-state index is -0.293. The SMILES string of the molecule is O=C(Nc1ccc(C2CCN(C(=O)C3CCCO3)CC2)cc1)Nc1ccc2nccn2c1. The average Bonchev–Trinajstić information content (AvgIpc) is 3.51. The summed E-state index contributed by atoms with van der Waals surface area (Å²) in [5.41, 5.74) is 3.49. The molecule has 0 bridgehead atoms. The van der Waals surface area contributed by atoms with Crippen LogP contribution >= 0.6 is 0 Å². The molecule has 32 heavy (non-hydrogen) atoms. The van der Waals surface area contributed by atoms with Crippen LogP contribution < -0.4 is 10.6 Å². The maximum absolute atomic E-state index is 12.5. The van der Waals surface area contributed by atoms with Crippen LogP contribution in [0.3, 0.4) is 0 Å². The standard InChI is InChI=1S/C24H27N5O3/c30-23(21-2-1-15-32-21)28-12-9-18(10-13-28)17-3-5-19(6-4-17)26-24(31)27-20-7-8-22-25-11-14-29(22)16-20/h3-8,11,14,16,18,21H,1-2,9-10,12-13,15H2,(H2,26,27,31). The number of anilines is 2. The van der Waals surface area contributed by atoms with Gasteiger partial charge in [-0.15, -0.1) is 0 Å². The summed E-state index contributed by atoms with van der Waals surface area (Å²) in [7, 11) is 0. The zero-order valence-corrected chi connectivity index (χ0v) is 17.9. The third kappa shape index (κ3) is 4.45. The molecule has 3 aromatic rings. The number of imidazole rings is 1. The Morgan fingerprint density at radius 3 is 2.47 bits per heavy atom. The van der Waals surface area contributed by atoms with E-state index in [1.807, 2.05) is 46.0 Å². The third-order valence-electron chi connectivity index (χ3n) is 6.30. The molecule has 3 amide bonds. The molecular formula is C24H27N5O3. The first-order valence-corrected chi connectivity index (χ1v) is 11.2. The Kier molecular flexibility index (Phi) is 5.77. The first kappa shape index (κ1) is 20.5. The molecule has 166 valence electrons. The minimum absolute atomic E-state index is 0.152. The number of urea groups is 1. The monoisotopic (exact) mass is 433 g/mol. The zero-order chi connectivity index (χ0) is 21.9. The van der Waals surface area contributed by atoms with E-state index in [-0.39, 0.29) is 18.0 Å². The van der Waals surface area contributed by atoms with Crippen LogP contribution in [0.15, 0.2) is 55.0 Å². The van der Waals surface area contributed by atoms with Gasteiger partial charge in [0, 0.05) is 44.0 Å². The quantitative estimate of drug-likeness (QED) is 0.654. The van der Waals surface area contributed by atoms with Gasteiger partial charge in [0.25, 0.3) is 5.91 Å². The second-order valence-corrected chi connectivity index (χ2v) is 8.41. The van der Waals surface area contributed by atoms with Gasteiger partial charge in [-0.25, -0.2) is 9.78 Å². The lowest BCUT2D eigenvalue weighted by molar-refractivity contribution is -0.142. The van der Waals surface area contributed by atoms with Crippen LogP contribution in [0.2, 0.25) is 0 Å². The molecule has 2 N–H and O–H groups in total. The van der Waals surface area contributed by atoms with Gasteiger partial charge in [-0.05, 0) is 61.4 Å². The molecule has 2 saturated heterocycles. The molecule has 1 aromatic carbocycles. The van der Waals surface area contributed by atoms with Crippen LogP contribution in [0.25, 0.3) is 5.65 Å². The van der Waals surface area contributed by atoms with Crippen LogP contribution in [-0.2, 0) is 9.53 Å². The molecule has 2 aliphatic rings. The van der Waals surface area contributed by atoms with E-state index in [1.165, 1.54) is 5.56 Å². The molecule has 5 rings (SSSR count). The summed E-state index contributed by atoms with van der Waals surface area (Å²) in [5.74, 6) is 0.576. The Hall–Kier alpha value is -3.39. The molecule has 1 atom stereocenters. The van der Waals surface area contributed by atoms with Crippen molar-refractivity contribution < 1.29 is 14.3 Å². The molecule has 0 saturated carbocycles. The number of pyridine rings is 1. The molecule has 1 unspecified atom stereocenters. The van der Waals surface area contributed by atoms with E-state index >= 15 is 0 Å². The Labute approximate surface area is 186 Å². The number of nitrogens with one attached hydrogen (secondary N) is 2. The number of hydrogen-bond donors (Lipinski definition) is 2. The number of aromatic nitrogens is 2. The summed E-state index contributed by atoms with van der Waals surface area (Å²) in [4.78, 5) is 31.0. The van der Waals surface area contributed by atoms with Gasteiger partial charge >= 0.3 is 6.03 Å². The van der Waals surface area contributed by atoms with Gasteiger partial charge in [-0.1, -0.05) is 12.1 Å². The summed E-state index contributed by atoms with van der Waals surface area (Å²) in [6.45, 7) is 2.24. The van der Waals surface area contributed by atoms with Crippen molar-refractivity contribution in [2.75, 3.05) is 30.3 Å². The number of fused-ring (bicyclic) bond motifs is 1. The van der Waals surface area contributed by atoms with Crippen LogP contribution in [0, 0.1) is 0 Å². The second kappa shape index (κ2) is 9.00. The van der Waals surface area contributed by atoms with E-state index in [1.54, 1.807) is 6.20 Å². The number of carbonyl (C=O) groups is 2. The third-order valence-corrected chi connectivity index (χ3v) is 6.30. The molecule has 8 nitrogen and oxygen atoms in total. The van der Waals surface area contributed by atoms with Gasteiger partial charge in [0.1, 0.15) is 11.8 Å². The van der Waals surface area contributed by atoms with Crippen molar-refractivity contribution in [2.24, 2.45) is 0 Å². The lowest BCUT2D eigenvalue weighted by Gasteiger charge is -2.33. The van der Waals surface area contributed by atoms with E-state index < -0.39 is 0 Å². The first-order chi connectivity index (χ1) is 15.7. The molecule has 2 aromatic heterocycles. The number of hydrogen-bond acceptors (Lipinski definition) is 4. The van der Waals surface area contributed by atoms with Crippen molar-refractivity contribution >= 4 is 29.0 Å². The average molecular weight is 434 g/mol. The predicted molar refractivity (Wildman–Crippen MR) is 122 cm³/mol. The highest BCUT2D eigenvalue weighted by Gasteiger charge is 2.31. The van der Waals surface area contributed by atoms with Gasteiger partial charge in [-0.2, -0.15) is 0 Å². The van der Waals surface area contributed by atoms with Crippen LogP contribution in [0.4, 0.5) is 16.2 Å². The highest BCUT2D eigenvalue weighted by atomic mass is 16.5. The highest BCUT2D eigenvalue weighted by molar-refractivity contribution is 5.99. The van der Waals surface area contributed by atoms with Crippen molar-refractivity contribution in [3.63, 3.8) is 0 Å². The summed E-state index contributed by atoms with van der Waals surface area (Å²) >= 11 is 0. The fourth-order valence-corrected chi connectivity index (χ4v) is 4.54. The molecule has 0 aliphatic carbocycles. The smallest absolute Gasteiger partial charge is 0.323 e. The summed E-state index contributed by atoms with van der Waals surface area (Å²) in [6, 6.07) is 11.4. The fourth-order valence-electron chi connectivity index (χ4n) is 4.54. The molecule has 8 heteroatoms. The molecule has 4 heterocycles. The first-order valence-electron chi connectivity index (χ1n) is 11.2. The molecule has 2 aliphatic heterocycles. The maximum atomic E-state index is 12.5. The van der Waals surface area contributed by atoms with Gasteiger partial charge in [-0.3, -0.25) is 4.79 Å². The summed E-state index contributed by atoms with van der Waals surface area (Å²) in [5, 5.41) is 5.72. The molecule has 0 radical (unpaired) electrons.